The van der Waals surface area contributed by atoms with Gasteiger partial charge in [-0.3, -0.25) is 4.79 Å². The van der Waals surface area contributed by atoms with Crippen LogP contribution in [0.4, 0.5) is 0 Å². The lowest BCUT2D eigenvalue weighted by molar-refractivity contribution is -0.137. The van der Waals surface area contributed by atoms with E-state index in [4.69, 9.17) is 5.11 Å². The predicted molar refractivity (Wildman–Crippen MR) is 103 cm³/mol. The van der Waals surface area contributed by atoms with Crippen LogP contribution in [0.3, 0.4) is 0 Å². The molecule has 1 rings (SSSR count). The van der Waals surface area contributed by atoms with E-state index in [1.807, 2.05) is 18.2 Å². The third kappa shape index (κ3) is 8.47. The number of allylic oxidation sites excluding steroid dienone is 2. The molecule has 0 radical (unpaired) electrons. The quantitative estimate of drug-likeness (QED) is 0.312. The minimum atomic E-state index is -0.889. The van der Waals surface area contributed by atoms with Crippen molar-refractivity contribution in [3.05, 3.63) is 24.3 Å². The summed E-state index contributed by atoms with van der Waals surface area (Å²) in [5.41, 5.74) is -0.889. The van der Waals surface area contributed by atoms with E-state index in [-0.39, 0.29) is 18.3 Å². The highest BCUT2D eigenvalue weighted by molar-refractivity contribution is 5.66. The molecule has 0 aromatic heterocycles. The second-order valence-electron chi connectivity index (χ2n) is 7.78. The van der Waals surface area contributed by atoms with Crippen LogP contribution in [0.15, 0.2) is 24.3 Å². The first-order valence-corrected chi connectivity index (χ1v) is 9.91. The Kier molecular flexibility index (Phi) is 10.1. The highest BCUT2D eigenvalue weighted by atomic mass is 16.4. The largest absolute Gasteiger partial charge is 0.481 e. The molecule has 5 atom stereocenters. The van der Waals surface area contributed by atoms with Crippen molar-refractivity contribution in [2.75, 3.05) is 0 Å². The molecule has 5 heteroatoms. The number of aliphatic hydroxyl groups is 3. The monoisotopic (exact) mass is 368 g/mol. The summed E-state index contributed by atoms with van der Waals surface area (Å²) in [5, 5.41) is 39.6. The lowest BCUT2D eigenvalue weighted by atomic mass is 9.88. The summed E-state index contributed by atoms with van der Waals surface area (Å²) >= 11 is 0. The first-order valence-electron chi connectivity index (χ1n) is 9.91. The zero-order valence-electron chi connectivity index (χ0n) is 16.2. The normalized spacial score (nSPS) is 28.8. The molecule has 0 unspecified atom stereocenters. The molecule has 150 valence electrons. The molecule has 26 heavy (non-hydrogen) atoms. The Bertz CT molecular complexity index is 469. The molecule has 0 saturated heterocycles. The highest BCUT2D eigenvalue weighted by Crippen LogP contribution is 2.37. The molecule has 0 aromatic rings. The van der Waals surface area contributed by atoms with Crippen molar-refractivity contribution >= 4 is 5.97 Å². The minimum Gasteiger partial charge on any atom is -0.481 e. The number of carbonyl (C=O) groups is 1. The van der Waals surface area contributed by atoms with E-state index in [1.165, 1.54) is 0 Å². The van der Waals surface area contributed by atoms with Gasteiger partial charge in [0.25, 0.3) is 0 Å². The highest BCUT2D eigenvalue weighted by Gasteiger charge is 2.39. The second-order valence-corrected chi connectivity index (χ2v) is 7.78. The summed E-state index contributed by atoms with van der Waals surface area (Å²) in [6.45, 7) is 3.91. The standard InChI is InChI=1S/C21H36O5/c1-3-4-9-13-21(2,26)14-12-17-16(18(22)15-19(17)23)10-7-5-6-8-11-20(24)25/h5,7,12,14,16-19,22-23,26H,3-4,6,8-11,13,15H2,1-2H3,(H,24,25)/b7-5-,14-12+/t16-,17-,18+,19-,21-/m0/s1. The number of unbranched alkanes of at least 4 members (excludes halogenated alkanes) is 3. The van der Waals surface area contributed by atoms with Gasteiger partial charge in [0, 0.05) is 18.8 Å². The smallest absolute Gasteiger partial charge is 0.303 e. The van der Waals surface area contributed by atoms with E-state index in [2.05, 4.69) is 6.92 Å². The van der Waals surface area contributed by atoms with E-state index >= 15 is 0 Å². The van der Waals surface area contributed by atoms with Crippen LogP contribution < -0.4 is 0 Å². The fourth-order valence-corrected chi connectivity index (χ4v) is 3.58. The molecular weight excluding hydrogens is 332 g/mol. The predicted octanol–water partition coefficient (Wildman–Crippen LogP) is 3.43. The van der Waals surface area contributed by atoms with Gasteiger partial charge in [-0.15, -0.1) is 0 Å². The van der Waals surface area contributed by atoms with Crippen LogP contribution in [-0.2, 0) is 4.79 Å². The molecule has 1 aliphatic rings. The van der Waals surface area contributed by atoms with Crippen molar-refractivity contribution in [3.8, 4) is 0 Å². The summed E-state index contributed by atoms with van der Waals surface area (Å²) in [6, 6.07) is 0. The molecule has 0 bridgehead atoms. The van der Waals surface area contributed by atoms with Crippen LogP contribution >= 0.6 is 0 Å². The van der Waals surface area contributed by atoms with Gasteiger partial charge in [0.05, 0.1) is 17.8 Å². The molecule has 4 N–H and O–H groups in total. The maximum absolute atomic E-state index is 10.5. The molecule has 1 saturated carbocycles. The Morgan fingerprint density at radius 2 is 1.88 bits per heavy atom. The van der Waals surface area contributed by atoms with E-state index in [9.17, 15) is 20.1 Å². The van der Waals surface area contributed by atoms with Gasteiger partial charge in [0.1, 0.15) is 0 Å². The van der Waals surface area contributed by atoms with Crippen LogP contribution in [0.1, 0.15) is 71.6 Å². The van der Waals surface area contributed by atoms with Crippen molar-refractivity contribution in [2.24, 2.45) is 11.8 Å². The average Bonchev–Trinajstić information content (AvgIpc) is 2.82. The van der Waals surface area contributed by atoms with E-state index < -0.39 is 23.8 Å². The van der Waals surface area contributed by atoms with Crippen LogP contribution in [0.25, 0.3) is 0 Å². The Morgan fingerprint density at radius 1 is 1.15 bits per heavy atom. The van der Waals surface area contributed by atoms with Crippen molar-refractivity contribution in [1.82, 2.24) is 0 Å². The van der Waals surface area contributed by atoms with Crippen molar-refractivity contribution in [3.63, 3.8) is 0 Å². The molecule has 0 aromatic carbocycles. The van der Waals surface area contributed by atoms with E-state index in [0.717, 1.165) is 19.3 Å². The number of hydrogen-bond acceptors (Lipinski definition) is 4. The van der Waals surface area contributed by atoms with Crippen LogP contribution in [-0.4, -0.2) is 44.2 Å². The summed E-state index contributed by atoms with van der Waals surface area (Å²) in [5.74, 6) is -1.04. The maximum atomic E-state index is 10.5. The van der Waals surface area contributed by atoms with Gasteiger partial charge in [-0.2, -0.15) is 0 Å². The minimum absolute atomic E-state index is 0.0802. The third-order valence-electron chi connectivity index (χ3n) is 5.22. The molecule has 0 amide bonds. The van der Waals surface area contributed by atoms with E-state index in [0.29, 0.717) is 32.1 Å². The zero-order valence-corrected chi connectivity index (χ0v) is 16.2. The van der Waals surface area contributed by atoms with Crippen molar-refractivity contribution in [1.29, 1.82) is 0 Å². The Labute approximate surface area is 157 Å². The second kappa shape index (κ2) is 11.5. The summed E-state index contributed by atoms with van der Waals surface area (Å²) in [6.07, 6.45) is 12.7. The molecule has 1 fully saturated rings. The van der Waals surface area contributed by atoms with Crippen LogP contribution in [0.5, 0.6) is 0 Å². The molecule has 0 heterocycles. The summed E-state index contributed by atoms with van der Waals surface area (Å²) < 4.78 is 0. The molecular formula is C21H36O5. The van der Waals surface area contributed by atoms with Gasteiger partial charge >= 0.3 is 5.97 Å². The molecule has 5 nitrogen and oxygen atoms in total. The maximum Gasteiger partial charge on any atom is 0.303 e. The number of aliphatic carboxylic acids is 1. The zero-order chi connectivity index (χ0) is 19.6. The van der Waals surface area contributed by atoms with Gasteiger partial charge < -0.3 is 20.4 Å². The molecule has 0 spiro atoms. The number of carboxylic acid groups (broad SMARTS) is 1. The SMILES string of the molecule is CCCCC[C@](C)(O)/C=C/[C@H]1[C@H](C/C=C\CCCC(=O)O)[C@H](O)C[C@@H]1O. The molecule has 0 aliphatic heterocycles. The topological polar surface area (TPSA) is 98.0 Å². The number of aliphatic hydroxyl groups excluding tert-OH is 2. The van der Waals surface area contributed by atoms with Gasteiger partial charge in [-0.25, -0.2) is 0 Å². The van der Waals surface area contributed by atoms with Gasteiger partial charge in [0.2, 0.25) is 0 Å². The Morgan fingerprint density at radius 3 is 2.54 bits per heavy atom. The van der Waals surface area contributed by atoms with Crippen LogP contribution in [0.2, 0.25) is 0 Å². The van der Waals surface area contributed by atoms with Crippen LogP contribution in [0, 0.1) is 11.8 Å². The van der Waals surface area contributed by atoms with Gasteiger partial charge in [-0.1, -0.05) is 50.5 Å². The van der Waals surface area contributed by atoms with Gasteiger partial charge in [0.15, 0.2) is 0 Å². The average molecular weight is 369 g/mol. The Hall–Kier alpha value is -1.17. The fourth-order valence-electron chi connectivity index (χ4n) is 3.58. The third-order valence-corrected chi connectivity index (χ3v) is 5.22. The summed E-state index contributed by atoms with van der Waals surface area (Å²) in [4.78, 5) is 10.5. The molecule has 1 aliphatic carbocycles. The van der Waals surface area contributed by atoms with Crippen molar-refractivity contribution < 1.29 is 25.2 Å². The lowest BCUT2D eigenvalue weighted by Crippen LogP contribution is -2.24. The Balaban J connectivity index is 2.56. The number of carboxylic acids is 1. The number of hydrogen-bond donors (Lipinski definition) is 4. The fraction of sp³-hybridized carbons (Fsp3) is 0.762. The lowest BCUT2D eigenvalue weighted by Gasteiger charge is -2.23. The summed E-state index contributed by atoms with van der Waals surface area (Å²) in [7, 11) is 0. The number of rotatable bonds is 12. The van der Waals surface area contributed by atoms with E-state index in [1.54, 1.807) is 13.0 Å². The van der Waals surface area contributed by atoms with Crippen molar-refractivity contribution in [2.45, 2.75) is 89.4 Å². The first-order chi connectivity index (χ1) is 12.3. The van der Waals surface area contributed by atoms with Gasteiger partial charge in [-0.05, 0) is 38.5 Å². The first kappa shape index (κ1) is 22.9.